The number of carbonyl (C=O) groups is 1. The lowest BCUT2D eigenvalue weighted by Crippen LogP contribution is -2.48. The standard InChI is InChI=1S/C17H23NO4/c1-17(7-9-20-10-8-17)12-18(2)16(19)15-11-21-13-5-3-4-6-14(13)22-15/h3-6,15H,7-12H2,1-2H3. The van der Waals surface area contributed by atoms with Gasteiger partial charge in [-0.05, 0) is 30.4 Å². The molecular formula is C17H23NO4. The SMILES string of the molecule is CN(CC1(C)CCOCC1)C(=O)C1COc2ccccc2O1. The predicted octanol–water partition coefficient (Wildman–Crippen LogP) is 2.10. The number of benzene rings is 1. The van der Waals surface area contributed by atoms with Crippen LogP contribution in [-0.4, -0.2) is 50.3 Å². The number of nitrogens with zero attached hydrogens (tertiary/aromatic N) is 1. The topological polar surface area (TPSA) is 48.0 Å². The number of para-hydroxylation sites is 2. The van der Waals surface area contributed by atoms with Crippen LogP contribution in [0.1, 0.15) is 19.8 Å². The quantitative estimate of drug-likeness (QED) is 0.858. The summed E-state index contributed by atoms with van der Waals surface area (Å²) < 4.78 is 16.8. The van der Waals surface area contributed by atoms with Crippen LogP contribution in [0.4, 0.5) is 0 Å². The van der Waals surface area contributed by atoms with Crippen molar-refractivity contribution < 1.29 is 19.0 Å². The van der Waals surface area contributed by atoms with Crippen LogP contribution in [0.3, 0.4) is 0 Å². The molecule has 1 aromatic rings. The minimum atomic E-state index is -0.566. The Hall–Kier alpha value is -1.75. The van der Waals surface area contributed by atoms with Crippen LogP contribution in [-0.2, 0) is 9.53 Å². The molecule has 1 unspecified atom stereocenters. The van der Waals surface area contributed by atoms with Gasteiger partial charge in [-0.15, -0.1) is 0 Å². The average Bonchev–Trinajstić information content (AvgIpc) is 2.54. The smallest absolute Gasteiger partial charge is 0.267 e. The summed E-state index contributed by atoms with van der Waals surface area (Å²) in [6, 6.07) is 7.45. The van der Waals surface area contributed by atoms with E-state index in [4.69, 9.17) is 14.2 Å². The number of ether oxygens (including phenoxy) is 3. The molecule has 1 saturated heterocycles. The van der Waals surface area contributed by atoms with E-state index in [2.05, 4.69) is 6.92 Å². The maximum atomic E-state index is 12.6. The monoisotopic (exact) mass is 305 g/mol. The molecule has 1 atom stereocenters. The third-order valence-electron chi connectivity index (χ3n) is 4.48. The van der Waals surface area contributed by atoms with Gasteiger partial charge >= 0.3 is 0 Å². The van der Waals surface area contributed by atoms with Gasteiger partial charge in [-0.2, -0.15) is 0 Å². The lowest BCUT2D eigenvalue weighted by molar-refractivity contribution is -0.142. The Morgan fingerprint density at radius 2 is 1.95 bits per heavy atom. The fourth-order valence-electron chi connectivity index (χ4n) is 3.06. The van der Waals surface area contributed by atoms with Crippen LogP contribution in [0.2, 0.25) is 0 Å². The van der Waals surface area contributed by atoms with Crippen LogP contribution in [0.5, 0.6) is 11.5 Å². The van der Waals surface area contributed by atoms with Gasteiger partial charge in [0.05, 0.1) is 0 Å². The highest BCUT2D eigenvalue weighted by Crippen LogP contribution is 2.33. The van der Waals surface area contributed by atoms with Gasteiger partial charge in [0.25, 0.3) is 5.91 Å². The second kappa shape index (κ2) is 6.16. The molecule has 0 aromatic heterocycles. The average molecular weight is 305 g/mol. The van der Waals surface area contributed by atoms with E-state index in [-0.39, 0.29) is 17.9 Å². The first-order chi connectivity index (χ1) is 10.6. The molecule has 120 valence electrons. The third kappa shape index (κ3) is 3.19. The normalized spacial score (nSPS) is 22.9. The molecule has 2 heterocycles. The zero-order chi connectivity index (χ0) is 15.6. The van der Waals surface area contributed by atoms with Crippen molar-refractivity contribution in [1.29, 1.82) is 0 Å². The number of amides is 1. The minimum absolute atomic E-state index is 0.0257. The fourth-order valence-corrected chi connectivity index (χ4v) is 3.06. The highest BCUT2D eigenvalue weighted by molar-refractivity contribution is 5.81. The molecule has 0 N–H and O–H groups in total. The Morgan fingerprint density at radius 3 is 2.68 bits per heavy atom. The van der Waals surface area contributed by atoms with Gasteiger partial charge in [-0.3, -0.25) is 4.79 Å². The first kappa shape index (κ1) is 15.2. The van der Waals surface area contributed by atoms with Crippen LogP contribution < -0.4 is 9.47 Å². The Labute approximate surface area is 131 Å². The van der Waals surface area contributed by atoms with Gasteiger partial charge in [-0.1, -0.05) is 19.1 Å². The van der Waals surface area contributed by atoms with Crippen molar-refractivity contribution in [2.45, 2.75) is 25.9 Å². The maximum Gasteiger partial charge on any atom is 0.267 e. The molecule has 5 nitrogen and oxygen atoms in total. The van der Waals surface area contributed by atoms with Gasteiger partial charge in [0.15, 0.2) is 11.5 Å². The summed E-state index contributed by atoms with van der Waals surface area (Å²) in [5.41, 5.74) is 0.121. The summed E-state index contributed by atoms with van der Waals surface area (Å²) >= 11 is 0. The van der Waals surface area contributed by atoms with Crippen molar-refractivity contribution in [3.63, 3.8) is 0 Å². The second-order valence-electron chi connectivity index (χ2n) is 6.48. The van der Waals surface area contributed by atoms with E-state index < -0.39 is 6.10 Å². The molecule has 0 aliphatic carbocycles. The van der Waals surface area contributed by atoms with Crippen molar-refractivity contribution in [2.75, 3.05) is 33.4 Å². The summed E-state index contributed by atoms with van der Waals surface area (Å²) in [4.78, 5) is 14.4. The molecule has 0 bridgehead atoms. The number of hydrogen-bond acceptors (Lipinski definition) is 4. The van der Waals surface area contributed by atoms with E-state index in [0.29, 0.717) is 11.5 Å². The van der Waals surface area contributed by atoms with Crippen LogP contribution in [0, 0.1) is 5.41 Å². The molecule has 0 radical (unpaired) electrons. The molecule has 2 aliphatic rings. The molecule has 5 heteroatoms. The lowest BCUT2D eigenvalue weighted by Gasteiger charge is -2.38. The van der Waals surface area contributed by atoms with E-state index in [9.17, 15) is 4.79 Å². The molecule has 1 fully saturated rings. The van der Waals surface area contributed by atoms with Crippen molar-refractivity contribution in [2.24, 2.45) is 5.41 Å². The van der Waals surface area contributed by atoms with Crippen LogP contribution in [0.15, 0.2) is 24.3 Å². The first-order valence-electron chi connectivity index (χ1n) is 7.79. The van der Waals surface area contributed by atoms with Gasteiger partial charge in [0.1, 0.15) is 6.61 Å². The molecule has 1 aromatic carbocycles. The number of likely N-dealkylation sites (N-methyl/N-ethyl adjacent to an activating group) is 1. The molecule has 2 aliphatic heterocycles. The molecule has 0 spiro atoms. The molecule has 3 rings (SSSR count). The summed E-state index contributed by atoms with van der Waals surface area (Å²) in [7, 11) is 1.84. The van der Waals surface area contributed by atoms with Gasteiger partial charge in [0, 0.05) is 26.8 Å². The molecule has 1 amide bonds. The number of fused-ring (bicyclic) bond motifs is 1. The van der Waals surface area contributed by atoms with E-state index in [1.807, 2.05) is 31.3 Å². The number of rotatable bonds is 3. The molecule has 0 saturated carbocycles. The first-order valence-corrected chi connectivity index (χ1v) is 7.79. The van der Waals surface area contributed by atoms with Gasteiger partial charge in [0.2, 0.25) is 6.10 Å². The largest absolute Gasteiger partial charge is 0.485 e. The highest BCUT2D eigenvalue weighted by Gasteiger charge is 2.34. The van der Waals surface area contributed by atoms with Crippen molar-refractivity contribution in [3.8, 4) is 11.5 Å². The van der Waals surface area contributed by atoms with Gasteiger partial charge in [-0.25, -0.2) is 0 Å². The van der Waals surface area contributed by atoms with Crippen molar-refractivity contribution in [3.05, 3.63) is 24.3 Å². The zero-order valence-corrected chi connectivity index (χ0v) is 13.2. The molecular weight excluding hydrogens is 282 g/mol. The maximum absolute atomic E-state index is 12.6. The summed E-state index contributed by atoms with van der Waals surface area (Å²) in [5, 5.41) is 0. The number of carbonyl (C=O) groups excluding carboxylic acids is 1. The Kier molecular flexibility index (Phi) is 4.25. The Bertz CT molecular complexity index is 539. The highest BCUT2D eigenvalue weighted by atomic mass is 16.6. The molecule has 22 heavy (non-hydrogen) atoms. The minimum Gasteiger partial charge on any atom is -0.485 e. The summed E-state index contributed by atoms with van der Waals surface area (Å²) in [6.07, 6.45) is 1.40. The van der Waals surface area contributed by atoms with Crippen LogP contribution >= 0.6 is 0 Å². The number of hydrogen-bond donors (Lipinski definition) is 0. The predicted molar refractivity (Wildman–Crippen MR) is 82.2 cm³/mol. The van der Waals surface area contributed by atoms with E-state index in [1.54, 1.807) is 4.90 Å². The summed E-state index contributed by atoms with van der Waals surface area (Å²) in [6.45, 7) is 4.74. The van der Waals surface area contributed by atoms with Crippen LogP contribution in [0.25, 0.3) is 0 Å². The zero-order valence-electron chi connectivity index (χ0n) is 13.2. The third-order valence-corrected chi connectivity index (χ3v) is 4.48. The van der Waals surface area contributed by atoms with E-state index >= 15 is 0 Å². The Balaban J connectivity index is 1.62. The Morgan fingerprint density at radius 1 is 1.27 bits per heavy atom. The summed E-state index contributed by atoms with van der Waals surface area (Å²) in [5.74, 6) is 1.31. The van der Waals surface area contributed by atoms with Crippen molar-refractivity contribution in [1.82, 2.24) is 4.90 Å². The van der Waals surface area contributed by atoms with Crippen molar-refractivity contribution >= 4 is 5.91 Å². The van der Waals surface area contributed by atoms with E-state index in [0.717, 1.165) is 32.6 Å². The fraction of sp³-hybridized carbons (Fsp3) is 0.588. The van der Waals surface area contributed by atoms with Gasteiger partial charge < -0.3 is 19.1 Å². The lowest BCUT2D eigenvalue weighted by atomic mass is 9.82. The second-order valence-corrected chi connectivity index (χ2v) is 6.48. The van der Waals surface area contributed by atoms with E-state index in [1.165, 1.54) is 0 Å².